The second-order valence-corrected chi connectivity index (χ2v) is 6.57. The van der Waals surface area contributed by atoms with Crippen LogP contribution in [0.3, 0.4) is 0 Å². The van der Waals surface area contributed by atoms with Crippen molar-refractivity contribution in [3.8, 4) is 0 Å². The number of carbonyl (C=O) groups excluding carboxylic acids is 1. The van der Waals surface area contributed by atoms with Crippen LogP contribution >= 0.6 is 0 Å². The van der Waals surface area contributed by atoms with Gasteiger partial charge in [0.15, 0.2) is 0 Å². The van der Waals surface area contributed by atoms with Crippen molar-refractivity contribution >= 4 is 22.5 Å². The van der Waals surface area contributed by atoms with Gasteiger partial charge in [0.2, 0.25) is 5.91 Å². The van der Waals surface area contributed by atoms with Crippen molar-refractivity contribution in [1.29, 1.82) is 0 Å². The lowest BCUT2D eigenvalue weighted by Crippen LogP contribution is -2.12. The first-order chi connectivity index (χ1) is 13.3. The van der Waals surface area contributed by atoms with Crippen molar-refractivity contribution in [1.82, 2.24) is 9.55 Å². The third-order valence-corrected chi connectivity index (χ3v) is 4.65. The average molecular weight is 355 g/mol. The van der Waals surface area contributed by atoms with Crippen molar-refractivity contribution in [3.05, 3.63) is 96.4 Å². The highest BCUT2D eigenvalue weighted by Crippen LogP contribution is 2.23. The number of benzene rings is 2. The van der Waals surface area contributed by atoms with Crippen LogP contribution in [0.1, 0.15) is 17.5 Å². The van der Waals surface area contributed by atoms with Gasteiger partial charge in [0, 0.05) is 48.1 Å². The minimum absolute atomic E-state index is 0.0149. The average Bonchev–Trinajstić information content (AvgIpc) is 3.06. The second kappa shape index (κ2) is 7.87. The molecule has 2 heterocycles. The van der Waals surface area contributed by atoms with E-state index in [1.807, 2.05) is 6.07 Å². The Morgan fingerprint density at radius 3 is 2.48 bits per heavy atom. The van der Waals surface area contributed by atoms with Gasteiger partial charge < -0.3 is 9.88 Å². The number of nitrogens with one attached hydrogen (secondary N) is 1. The van der Waals surface area contributed by atoms with Gasteiger partial charge in [-0.3, -0.25) is 9.78 Å². The molecule has 1 amide bonds. The summed E-state index contributed by atoms with van der Waals surface area (Å²) in [6.07, 6.45) is 6.68. The predicted molar refractivity (Wildman–Crippen MR) is 109 cm³/mol. The van der Waals surface area contributed by atoms with E-state index in [4.69, 9.17) is 0 Å². The molecule has 4 heteroatoms. The number of hydrogen-bond acceptors (Lipinski definition) is 2. The minimum Gasteiger partial charge on any atom is -0.343 e. The molecule has 0 fully saturated rings. The lowest BCUT2D eigenvalue weighted by molar-refractivity contribution is -0.116. The van der Waals surface area contributed by atoms with Crippen LogP contribution in [0, 0.1) is 0 Å². The highest BCUT2D eigenvalue weighted by atomic mass is 16.1. The van der Waals surface area contributed by atoms with Crippen LogP contribution in [-0.4, -0.2) is 15.5 Å². The SMILES string of the molecule is O=C(CCc1cn(Cc2ccccc2)c2ccccc12)Nc1ccncc1. The Balaban J connectivity index is 1.51. The zero-order chi connectivity index (χ0) is 18.5. The van der Waals surface area contributed by atoms with E-state index in [9.17, 15) is 4.79 Å². The van der Waals surface area contributed by atoms with Crippen molar-refractivity contribution in [3.63, 3.8) is 0 Å². The highest BCUT2D eigenvalue weighted by Gasteiger charge is 2.10. The summed E-state index contributed by atoms with van der Waals surface area (Å²) in [6, 6.07) is 22.4. The molecule has 0 spiro atoms. The largest absolute Gasteiger partial charge is 0.343 e. The molecule has 1 N–H and O–H groups in total. The van der Waals surface area contributed by atoms with Gasteiger partial charge in [0.25, 0.3) is 0 Å². The number of aryl methyl sites for hydroxylation is 1. The number of hydrogen-bond donors (Lipinski definition) is 1. The molecule has 4 rings (SSSR count). The molecule has 134 valence electrons. The Morgan fingerprint density at radius 1 is 0.926 bits per heavy atom. The first kappa shape index (κ1) is 17.0. The Kier molecular flexibility index (Phi) is 4.97. The molecular formula is C23H21N3O. The normalized spacial score (nSPS) is 10.8. The van der Waals surface area contributed by atoms with E-state index < -0.39 is 0 Å². The van der Waals surface area contributed by atoms with E-state index in [2.05, 4.69) is 69.6 Å². The summed E-state index contributed by atoms with van der Waals surface area (Å²) in [4.78, 5) is 16.2. The maximum absolute atomic E-state index is 12.3. The second-order valence-electron chi connectivity index (χ2n) is 6.57. The number of para-hydroxylation sites is 1. The summed E-state index contributed by atoms with van der Waals surface area (Å²) < 4.78 is 2.26. The fourth-order valence-electron chi connectivity index (χ4n) is 3.34. The van der Waals surface area contributed by atoms with Crippen LogP contribution in [0.25, 0.3) is 10.9 Å². The molecule has 0 aliphatic heterocycles. The molecule has 0 saturated carbocycles. The van der Waals surface area contributed by atoms with Crippen molar-refractivity contribution < 1.29 is 4.79 Å². The van der Waals surface area contributed by atoms with Gasteiger partial charge in [0.1, 0.15) is 0 Å². The van der Waals surface area contributed by atoms with Crippen molar-refractivity contribution in [2.75, 3.05) is 5.32 Å². The molecular weight excluding hydrogens is 334 g/mol. The fraction of sp³-hybridized carbons (Fsp3) is 0.130. The quantitative estimate of drug-likeness (QED) is 0.547. The smallest absolute Gasteiger partial charge is 0.224 e. The Morgan fingerprint density at radius 2 is 1.67 bits per heavy atom. The molecule has 4 nitrogen and oxygen atoms in total. The highest BCUT2D eigenvalue weighted by molar-refractivity contribution is 5.91. The van der Waals surface area contributed by atoms with E-state index in [0.29, 0.717) is 12.8 Å². The molecule has 0 unspecified atom stereocenters. The first-order valence-electron chi connectivity index (χ1n) is 9.10. The molecule has 0 aliphatic rings. The molecule has 0 saturated heterocycles. The third kappa shape index (κ3) is 4.06. The van der Waals surface area contributed by atoms with Crippen LogP contribution in [0.4, 0.5) is 5.69 Å². The van der Waals surface area contributed by atoms with E-state index in [1.54, 1.807) is 24.5 Å². The van der Waals surface area contributed by atoms with Gasteiger partial charge in [-0.25, -0.2) is 0 Å². The number of aromatic nitrogens is 2. The van der Waals surface area contributed by atoms with Crippen LogP contribution in [0.2, 0.25) is 0 Å². The summed E-state index contributed by atoms with van der Waals surface area (Å²) in [6.45, 7) is 0.824. The van der Waals surface area contributed by atoms with E-state index in [-0.39, 0.29) is 5.91 Å². The number of amides is 1. The van der Waals surface area contributed by atoms with Gasteiger partial charge in [0.05, 0.1) is 0 Å². The zero-order valence-electron chi connectivity index (χ0n) is 15.0. The fourth-order valence-corrected chi connectivity index (χ4v) is 3.34. The lowest BCUT2D eigenvalue weighted by Gasteiger charge is -2.05. The molecule has 0 bridgehead atoms. The monoisotopic (exact) mass is 355 g/mol. The standard InChI is InChI=1S/C23H21N3O/c27-23(25-20-12-14-24-15-13-20)11-10-19-17-26(16-18-6-2-1-3-7-18)22-9-5-4-8-21(19)22/h1-9,12-15,17H,10-11,16H2,(H,24,25,27). The molecule has 0 atom stereocenters. The summed E-state index contributed by atoms with van der Waals surface area (Å²) in [7, 11) is 0. The van der Waals surface area contributed by atoms with E-state index in [1.165, 1.54) is 22.0 Å². The Hall–Kier alpha value is -3.40. The van der Waals surface area contributed by atoms with Crippen LogP contribution in [0.15, 0.2) is 85.3 Å². The number of fused-ring (bicyclic) bond motifs is 1. The van der Waals surface area contributed by atoms with Crippen LogP contribution in [-0.2, 0) is 17.8 Å². The number of rotatable bonds is 6. The van der Waals surface area contributed by atoms with E-state index >= 15 is 0 Å². The van der Waals surface area contributed by atoms with Gasteiger partial charge in [-0.15, -0.1) is 0 Å². The molecule has 0 radical (unpaired) electrons. The number of carbonyl (C=O) groups is 1. The van der Waals surface area contributed by atoms with Gasteiger partial charge in [-0.1, -0.05) is 48.5 Å². The maximum Gasteiger partial charge on any atom is 0.224 e. The third-order valence-electron chi connectivity index (χ3n) is 4.65. The van der Waals surface area contributed by atoms with Crippen LogP contribution in [0.5, 0.6) is 0 Å². The molecule has 27 heavy (non-hydrogen) atoms. The Bertz CT molecular complexity index is 1040. The summed E-state index contributed by atoms with van der Waals surface area (Å²) in [5, 5.41) is 4.13. The lowest BCUT2D eigenvalue weighted by atomic mass is 10.1. The van der Waals surface area contributed by atoms with Crippen LogP contribution < -0.4 is 5.32 Å². The van der Waals surface area contributed by atoms with Crippen molar-refractivity contribution in [2.45, 2.75) is 19.4 Å². The summed E-state index contributed by atoms with van der Waals surface area (Å²) in [5.74, 6) is 0.0149. The zero-order valence-corrected chi connectivity index (χ0v) is 15.0. The molecule has 2 aromatic carbocycles. The molecule has 0 aliphatic carbocycles. The molecule has 2 aromatic heterocycles. The first-order valence-corrected chi connectivity index (χ1v) is 9.10. The number of nitrogens with zero attached hydrogens (tertiary/aromatic N) is 2. The van der Waals surface area contributed by atoms with Gasteiger partial charge in [-0.05, 0) is 35.7 Å². The van der Waals surface area contributed by atoms with E-state index in [0.717, 1.165) is 12.2 Å². The van der Waals surface area contributed by atoms with Gasteiger partial charge in [-0.2, -0.15) is 0 Å². The maximum atomic E-state index is 12.3. The summed E-state index contributed by atoms with van der Waals surface area (Å²) >= 11 is 0. The molecule has 4 aromatic rings. The summed E-state index contributed by atoms with van der Waals surface area (Å²) in [5.41, 5.74) is 4.44. The predicted octanol–water partition coefficient (Wildman–Crippen LogP) is 4.66. The minimum atomic E-state index is 0.0149. The number of anilines is 1. The van der Waals surface area contributed by atoms with Gasteiger partial charge >= 0.3 is 0 Å². The topological polar surface area (TPSA) is 46.9 Å². The number of pyridine rings is 1. The van der Waals surface area contributed by atoms with Crippen molar-refractivity contribution in [2.24, 2.45) is 0 Å². The Labute approximate surface area is 158 Å².